The summed E-state index contributed by atoms with van der Waals surface area (Å²) in [4.78, 5) is 52.2. The van der Waals surface area contributed by atoms with Crippen LogP contribution in [-0.2, 0) is 27.3 Å². The van der Waals surface area contributed by atoms with Crippen LogP contribution in [0.15, 0.2) is 4.79 Å². The summed E-state index contributed by atoms with van der Waals surface area (Å²) in [7, 11) is 0. The Kier molecular flexibility index (Phi) is 4.53. The largest absolute Gasteiger partial charge is 0.451 e. The fourth-order valence-electron chi connectivity index (χ4n) is 2.66. The lowest BCUT2D eigenvalue weighted by molar-refractivity contribution is -0.129. The average Bonchev–Trinajstić information content (AvgIpc) is 3.16. The van der Waals surface area contributed by atoms with Crippen LogP contribution in [0.2, 0.25) is 0 Å². The van der Waals surface area contributed by atoms with Crippen LogP contribution in [-0.4, -0.2) is 33.9 Å². The van der Waals surface area contributed by atoms with Gasteiger partial charge >= 0.3 is 5.97 Å². The average molecular weight is 364 g/mol. The third-order valence-electron chi connectivity index (χ3n) is 3.81. The number of hydrazine groups is 1. The Bertz CT molecular complexity index is 946. The number of rotatable bonds is 3. The van der Waals surface area contributed by atoms with Crippen LogP contribution in [0.4, 0.5) is 0 Å². The maximum absolute atomic E-state index is 12.6. The molecule has 0 bridgehead atoms. The lowest BCUT2D eigenvalue weighted by Crippen LogP contribution is -2.42. The van der Waals surface area contributed by atoms with Crippen molar-refractivity contribution < 1.29 is 19.1 Å². The number of aromatic nitrogens is 2. The maximum Gasteiger partial charge on any atom is 0.349 e. The van der Waals surface area contributed by atoms with Crippen molar-refractivity contribution in [2.24, 2.45) is 0 Å². The van der Waals surface area contributed by atoms with Crippen LogP contribution in [0.25, 0.3) is 10.2 Å². The summed E-state index contributed by atoms with van der Waals surface area (Å²) >= 11 is 1.08. The second-order valence-electron chi connectivity index (χ2n) is 5.63. The molecule has 0 saturated carbocycles. The number of hydrogen-bond acceptors (Lipinski definition) is 7. The number of carbonyl (C=O) groups excluding carboxylic acids is 3. The lowest BCUT2D eigenvalue weighted by atomic mass is 10.2. The minimum Gasteiger partial charge on any atom is -0.451 e. The minimum absolute atomic E-state index is 0.145. The summed E-state index contributed by atoms with van der Waals surface area (Å²) in [5.41, 5.74) is 4.55. The molecule has 0 unspecified atom stereocenters. The summed E-state index contributed by atoms with van der Waals surface area (Å²) in [6.07, 6.45) is 1.63. The lowest BCUT2D eigenvalue weighted by Gasteiger charge is -2.06. The van der Waals surface area contributed by atoms with E-state index in [9.17, 15) is 19.2 Å². The van der Waals surface area contributed by atoms with Crippen LogP contribution < -0.4 is 16.4 Å². The Morgan fingerprint density at radius 3 is 2.80 bits per heavy atom. The van der Waals surface area contributed by atoms with Crippen molar-refractivity contribution >= 4 is 39.3 Å². The summed E-state index contributed by atoms with van der Waals surface area (Å²) in [6.45, 7) is 2.98. The first-order valence-corrected chi connectivity index (χ1v) is 8.45. The Hall–Kier alpha value is -2.75. The molecular weight excluding hydrogens is 348 g/mol. The molecule has 132 valence electrons. The smallest absolute Gasteiger partial charge is 0.349 e. The van der Waals surface area contributed by atoms with E-state index in [1.807, 2.05) is 0 Å². The normalized spacial score (nSPS) is 12.7. The van der Waals surface area contributed by atoms with E-state index in [2.05, 4.69) is 15.8 Å². The predicted octanol–water partition coefficient (Wildman–Crippen LogP) is 0.0367. The standard InChI is InChI=1S/C15H16N4O5S/c1-7-11-13(16-9-4-3-5-19(9)14(11)22)25-12(7)15(23)24-6-10(21)18-17-8(2)20/h3-6H2,1-2H3,(H,17,20)(H,18,21). The van der Waals surface area contributed by atoms with Gasteiger partial charge in [-0.1, -0.05) is 0 Å². The second kappa shape index (κ2) is 6.63. The SMILES string of the molecule is CC(=O)NNC(=O)COC(=O)c1sc2nc3n(c(=O)c2c1C)CCC3. The summed E-state index contributed by atoms with van der Waals surface area (Å²) in [6, 6.07) is 0. The molecule has 0 radical (unpaired) electrons. The van der Waals surface area contributed by atoms with Gasteiger partial charge in [0.1, 0.15) is 15.5 Å². The Morgan fingerprint density at radius 2 is 2.08 bits per heavy atom. The highest BCUT2D eigenvalue weighted by atomic mass is 32.1. The highest BCUT2D eigenvalue weighted by molar-refractivity contribution is 7.20. The minimum atomic E-state index is -0.706. The number of nitrogens with one attached hydrogen (secondary N) is 2. The van der Waals surface area contributed by atoms with Crippen LogP contribution in [0.3, 0.4) is 0 Å². The molecule has 1 aliphatic heterocycles. The molecular formula is C15H16N4O5S. The number of esters is 1. The molecule has 0 spiro atoms. The van der Waals surface area contributed by atoms with Gasteiger partial charge in [0.2, 0.25) is 5.91 Å². The zero-order valence-corrected chi connectivity index (χ0v) is 14.5. The maximum atomic E-state index is 12.6. The van der Waals surface area contributed by atoms with Gasteiger partial charge in [-0.2, -0.15) is 0 Å². The van der Waals surface area contributed by atoms with Crippen molar-refractivity contribution in [3.8, 4) is 0 Å². The molecule has 2 amide bonds. The third-order valence-corrected chi connectivity index (χ3v) is 4.97. The summed E-state index contributed by atoms with van der Waals surface area (Å²) < 4.78 is 6.58. The molecule has 1 aliphatic rings. The van der Waals surface area contributed by atoms with Crippen LogP contribution in [0.1, 0.15) is 34.4 Å². The van der Waals surface area contributed by atoms with Crippen molar-refractivity contribution in [3.05, 3.63) is 26.6 Å². The van der Waals surface area contributed by atoms with Crippen LogP contribution >= 0.6 is 11.3 Å². The fourth-order valence-corrected chi connectivity index (χ4v) is 3.74. The summed E-state index contributed by atoms with van der Waals surface area (Å²) in [5.74, 6) is -1.09. The number of nitrogens with zero attached hydrogens (tertiary/aromatic N) is 2. The molecule has 0 aromatic carbocycles. The van der Waals surface area contributed by atoms with Gasteiger partial charge in [0.05, 0.1) is 5.39 Å². The molecule has 0 saturated heterocycles. The molecule has 0 atom stereocenters. The first-order chi connectivity index (χ1) is 11.9. The topological polar surface area (TPSA) is 119 Å². The number of carbonyl (C=O) groups is 3. The van der Waals surface area contributed by atoms with Gasteiger partial charge in [0.25, 0.3) is 11.5 Å². The zero-order chi connectivity index (χ0) is 18.1. The molecule has 0 fully saturated rings. The highest BCUT2D eigenvalue weighted by Gasteiger charge is 2.24. The quantitative estimate of drug-likeness (QED) is 0.586. The molecule has 9 nitrogen and oxygen atoms in total. The number of aryl methyl sites for hydroxylation is 2. The zero-order valence-electron chi connectivity index (χ0n) is 13.7. The van der Waals surface area contributed by atoms with Gasteiger partial charge in [0.15, 0.2) is 6.61 Å². The fraction of sp³-hybridized carbons (Fsp3) is 0.400. The Morgan fingerprint density at radius 1 is 1.32 bits per heavy atom. The number of thiophene rings is 1. The van der Waals surface area contributed by atoms with Crippen LogP contribution in [0, 0.1) is 6.92 Å². The molecule has 0 aliphatic carbocycles. The van der Waals surface area contributed by atoms with E-state index in [4.69, 9.17) is 4.74 Å². The van der Waals surface area contributed by atoms with Crippen molar-refractivity contribution in [3.63, 3.8) is 0 Å². The van der Waals surface area contributed by atoms with E-state index >= 15 is 0 Å². The Labute approximate surface area is 146 Å². The highest BCUT2D eigenvalue weighted by Crippen LogP contribution is 2.29. The first-order valence-electron chi connectivity index (χ1n) is 7.64. The van der Waals surface area contributed by atoms with E-state index in [0.717, 1.165) is 30.0 Å². The van der Waals surface area contributed by atoms with Crippen molar-refractivity contribution in [2.75, 3.05) is 6.61 Å². The molecule has 2 N–H and O–H groups in total. The second-order valence-corrected chi connectivity index (χ2v) is 6.63. The van der Waals surface area contributed by atoms with Crippen molar-refractivity contribution in [2.45, 2.75) is 33.2 Å². The van der Waals surface area contributed by atoms with Crippen molar-refractivity contribution in [1.29, 1.82) is 0 Å². The van der Waals surface area contributed by atoms with Gasteiger partial charge in [-0.25, -0.2) is 9.78 Å². The number of fused-ring (bicyclic) bond motifs is 2. The van der Waals surface area contributed by atoms with Gasteiger partial charge in [-0.05, 0) is 18.9 Å². The van der Waals surface area contributed by atoms with Crippen molar-refractivity contribution in [1.82, 2.24) is 20.4 Å². The monoisotopic (exact) mass is 364 g/mol. The predicted molar refractivity (Wildman–Crippen MR) is 89.2 cm³/mol. The number of hydrogen-bond donors (Lipinski definition) is 2. The van der Waals surface area contributed by atoms with Gasteiger partial charge in [-0.15, -0.1) is 11.3 Å². The van der Waals surface area contributed by atoms with E-state index in [-0.39, 0.29) is 10.4 Å². The van der Waals surface area contributed by atoms with Gasteiger partial charge in [-0.3, -0.25) is 29.8 Å². The van der Waals surface area contributed by atoms with E-state index in [0.29, 0.717) is 22.3 Å². The van der Waals surface area contributed by atoms with E-state index < -0.39 is 24.4 Å². The van der Waals surface area contributed by atoms with Gasteiger partial charge < -0.3 is 4.74 Å². The molecule has 2 aromatic rings. The summed E-state index contributed by atoms with van der Waals surface area (Å²) in [5, 5.41) is 0.422. The third kappa shape index (κ3) is 3.25. The molecule has 2 aromatic heterocycles. The van der Waals surface area contributed by atoms with Crippen LogP contribution in [0.5, 0.6) is 0 Å². The van der Waals surface area contributed by atoms with Gasteiger partial charge in [0, 0.05) is 19.9 Å². The molecule has 10 heteroatoms. The Balaban J connectivity index is 1.80. The first kappa shape index (κ1) is 17.1. The molecule has 25 heavy (non-hydrogen) atoms. The van der Waals surface area contributed by atoms with E-state index in [1.54, 1.807) is 11.5 Å². The number of amides is 2. The molecule has 3 heterocycles. The molecule has 3 rings (SSSR count). The number of ether oxygens (including phenoxy) is 1. The van der Waals surface area contributed by atoms with E-state index in [1.165, 1.54) is 6.92 Å².